The van der Waals surface area contributed by atoms with Gasteiger partial charge in [-0.2, -0.15) is 0 Å². The predicted octanol–water partition coefficient (Wildman–Crippen LogP) is 3.41. The van der Waals surface area contributed by atoms with Crippen LogP contribution in [0.2, 0.25) is 0 Å². The van der Waals surface area contributed by atoms with Crippen LogP contribution in [0.3, 0.4) is 0 Å². The van der Waals surface area contributed by atoms with Crippen molar-refractivity contribution in [2.75, 3.05) is 11.9 Å². The molecule has 1 aliphatic rings. The molecular weight excluding hydrogens is 254 g/mol. The molecule has 3 nitrogen and oxygen atoms in total. The van der Waals surface area contributed by atoms with Crippen LogP contribution in [0.25, 0.3) is 0 Å². The molecule has 1 saturated carbocycles. The van der Waals surface area contributed by atoms with Crippen LogP contribution < -0.4 is 11.1 Å². The summed E-state index contributed by atoms with van der Waals surface area (Å²) in [6.45, 7) is 2.94. The lowest BCUT2D eigenvalue weighted by Gasteiger charge is -2.21. The molecule has 0 saturated heterocycles. The van der Waals surface area contributed by atoms with E-state index in [1.165, 1.54) is 38.5 Å². The summed E-state index contributed by atoms with van der Waals surface area (Å²) in [6.07, 6.45) is 8.18. The average Bonchev–Trinajstić information content (AvgIpc) is 2.39. The van der Waals surface area contributed by atoms with E-state index in [9.17, 15) is 0 Å². The number of hydrogen-bond acceptors (Lipinski definition) is 3. The Bertz CT molecular complexity index is 439. The molecule has 1 fully saturated rings. The zero-order valence-electron chi connectivity index (χ0n) is 11.6. The normalized spacial score (nSPS) is 16.3. The molecule has 19 heavy (non-hydrogen) atoms. The number of anilines is 1. The number of nitrogens with two attached hydrogens (primary N) is 1. The van der Waals surface area contributed by atoms with Gasteiger partial charge in [-0.05, 0) is 31.4 Å². The van der Waals surface area contributed by atoms with Crippen molar-refractivity contribution >= 4 is 23.0 Å². The smallest absolute Gasteiger partial charge is 0.136 e. The largest absolute Gasteiger partial charge is 0.389 e. The first-order chi connectivity index (χ1) is 9.16. The summed E-state index contributed by atoms with van der Waals surface area (Å²) < 4.78 is 0. The molecule has 0 atom stereocenters. The van der Waals surface area contributed by atoms with Crippen molar-refractivity contribution in [3.05, 3.63) is 23.4 Å². The van der Waals surface area contributed by atoms with Crippen LogP contribution in [-0.2, 0) is 0 Å². The van der Waals surface area contributed by atoms with Crippen molar-refractivity contribution in [2.45, 2.75) is 45.4 Å². The quantitative estimate of drug-likeness (QED) is 0.810. The lowest BCUT2D eigenvalue weighted by atomic mass is 9.87. The third-order valence-electron chi connectivity index (χ3n) is 3.87. The topological polar surface area (TPSA) is 50.9 Å². The van der Waals surface area contributed by atoms with Crippen molar-refractivity contribution in [1.82, 2.24) is 4.98 Å². The van der Waals surface area contributed by atoms with E-state index in [-0.39, 0.29) is 0 Å². The van der Waals surface area contributed by atoms with Gasteiger partial charge in [0.15, 0.2) is 0 Å². The van der Waals surface area contributed by atoms with E-state index in [2.05, 4.69) is 10.3 Å². The molecule has 0 unspecified atom stereocenters. The third-order valence-corrected chi connectivity index (χ3v) is 4.09. The highest BCUT2D eigenvalue weighted by Crippen LogP contribution is 2.26. The molecule has 1 aromatic rings. The molecule has 0 spiro atoms. The maximum absolute atomic E-state index is 5.73. The lowest BCUT2D eigenvalue weighted by Crippen LogP contribution is -2.17. The Labute approximate surface area is 121 Å². The number of nitrogens with one attached hydrogen (secondary N) is 1. The number of hydrogen-bond donors (Lipinski definition) is 2. The molecule has 4 heteroatoms. The minimum absolute atomic E-state index is 0.410. The van der Waals surface area contributed by atoms with Crippen molar-refractivity contribution in [3.63, 3.8) is 0 Å². The number of nitrogens with zero attached hydrogens (tertiary/aromatic N) is 1. The van der Waals surface area contributed by atoms with E-state index in [0.29, 0.717) is 4.99 Å². The Morgan fingerprint density at radius 3 is 2.79 bits per heavy atom. The van der Waals surface area contributed by atoms with Gasteiger partial charge in [0.2, 0.25) is 0 Å². The summed E-state index contributed by atoms with van der Waals surface area (Å²) in [7, 11) is 0. The van der Waals surface area contributed by atoms with E-state index in [1.807, 2.05) is 19.1 Å². The highest BCUT2D eigenvalue weighted by atomic mass is 32.1. The molecular formula is C15H23N3S. The first-order valence-electron chi connectivity index (χ1n) is 7.18. The number of thiocarbonyl (C=S) groups is 1. The van der Waals surface area contributed by atoms with Crippen molar-refractivity contribution in [2.24, 2.45) is 11.7 Å². The van der Waals surface area contributed by atoms with E-state index < -0.39 is 0 Å². The predicted molar refractivity (Wildman–Crippen MR) is 84.5 cm³/mol. The summed E-state index contributed by atoms with van der Waals surface area (Å²) >= 11 is 5.07. The van der Waals surface area contributed by atoms with Gasteiger partial charge < -0.3 is 11.1 Å². The summed E-state index contributed by atoms with van der Waals surface area (Å²) in [6, 6.07) is 3.90. The number of rotatable bonds is 5. The van der Waals surface area contributed by atoms with Crippen LogP contribution in [0.4, 0.5) is 5.82 Å². The van der Waals surface area contributed by atoms with Gasteiger partial charge in [-0.15, -0.1) is 0 Å². The van der Waals surface area contributed by atoms with E-state index in [0.717, 1.165) is 29.5 Å². The van der Waals surface area contributed by atoms with Crippen LogP contribution >= 0.6 is 12.2 Å². The number of aromatic nitrogens is 1. The van der Waals surface area contributed by atoms with Crippen molar-refractivity contribution in [1.29, 1.82) is 0 Å². The Hall–Kier alpha value is -1.16. The second-order valence-corrected chi connectivity index (χ2v) is 5.87. The van der Waals surface area contributed by atoms with Gasteiger partial charge in [-0.3, -0.25) is 0 Å². The zero-order chi connectivity index (χ0) is 13.7. The average molecular weight is 277 g/mol. The van der Waals surface area contributed by atoms with Crippen LogP contribution in [-0.4, -0.2) is 16.5 Å². The van der Waals surface area contributed by atoms with Gasteiger partial charge >= 0.3 is 0 Å². The fourth-order valence-electron chi connectivity index (χ4n) is 2.76. The second-order valence-electron chi connectivity index (χ2n) is 5.43. The molecule has 0 amide bonds. The number of aryl methyl sites for hydroxylation is 1. The molecule has 0 aliphatic heterocycles. The monoisotopic (exact) mass is 277 g/mol. The standard InChI is InChI=1S/C15H23N3S/c1-11-7-8-13(14(16)19)15(18-11)17-10-9-12-5-3-2-4-6-12/h7-8,12H,2-6,9-10H2,1H3,(H2,16,19)(H,17,18). The van der Waals surface area contributed by atoms with Gasteiger partial charge in [-0.25, -0.2) is 4.98 Å². The van der Waals surface area contributed by atoms with Crippen LogP contribution in [0.1, 0.15) is 49.8 Å². The molecule has 0 aromatic carbocycles. The molecule has 1 heterocycles. The van der Waals surface area contributed by atoms with Gasteiger partial charge in [0.1, 0.15) is 10.8 Å². The molecule has 0 radical (unpaired) electrons. The molecule has 3 N–H and O–H groups in total. The van der Waals surface area contributed by atoms with Gasteiger partial charge in [-0.1, -0.05) is 44.3 Å². The van der Waals surface area contributed by atoms with Crippen LogP contribution in [0.15, 0.2) is 12.1 Å². The summed E-state index contributed by atoms with van der Waals surface area (Å²) in [5.74, 6) is 1.71. The summed E-state index contributed by atoms with van der Waals surface area (Å²) in [5.41, 5.74) is 7.57. The van der Waals surface area contributed by atoms with E-state index >= 15 is 0 Å². The molecule has 104 valence electrons. The second kappa shape index (κ2) is 6.85. The van der Waals surface area contributed by atoms with Crippen LogP contribution in [0, 0.1) is 12.8 Å². The Morgan fingerprint density at radius 2 is 2.11 bits per heavy atom. The maximum atomic E-state index is 5.73. The first kappa shape index (κ1) is 14.3. The molecule has 2 rings (SSSR count). The van der Waals surface area contributed by atoms with E-state index in [4.69, 9.17) is 18.0 Å². The zero-order valence-corrected chi connectivity index (χ0v) is 12.4. The minimum atomic E-state index is 0.410. The molecule has 1 aromatic heterocycles. The van der Waals surface area contributed by atoms with Gasteiger partial charge in [0, 0.05) is 12.2 Å². The fourth-order valence-corrected chi connectivity index (χ4v) is 2.93. The lowest BCUT2D eigenvalue weighted by molar-refractivity contribution is 0.345. The van der Waals surface area contributed by atoms with Gasteiger partial charge in [0.25, 0.3) is 0 Å². The Morgan fingerprint density at radius 1 is 1.37 bits per heavy atom. The van der Waals surface area contributed by atoms with Crippen molar-refractivity contribution in [3.8, 4) is 0 Å². The summed E-state index contributed by atoms with van der Waals surface area (Å²) in [5, 5.41) is 3.40. The number of pyridine rings is 1. The van der Waals surface area contributed by atoms with Gasteiger partial charge in [0.05, 0.1) is 5.56 Å². The molecule has 1 aliphatic carbocycles. The Kier molecular flexibility index (Phi) is 5.14. The third kappa shape index (κ3) is 4.16. The SMILES string of the molecule is Cc1ccc(C(N)=S)c(NCCC2CCCCC2)n1. The van der Waals surface area contributed by atoms with Crippen molar-refractivity contribution < 1.29 is 0 Å². The van der Waals surface area contributed by atoms with Crippen LogP contribution in [0.5, 0.6) is 0 Å². The molecule has 0 bridgehead atoms. The first-order valence-corrected chi connectivity index (χ1v) is 7.59. The Balaban J connectivity index is 1.91. The highest BCUT2D eigenvalue weighted by molar-refractivity contribution is 7.80. The highest BCUT2D eigenvalue weighted by Gasteiger charge is 2.13. The maximum Gasteiger partial charge on any atom is 0.136 e. The van der Waals surface area contributed by atoms with E-state index in [1.54, 1.807) is 0 Å². The summed E-state index contributed by atoms with van der Waals surface area (Å²) in [4.78, 5) is 4.91. The fraction of sp³-hybridized carbons (Fsp3) is 0.600. The minimum Gasteiger partial charge on any atom is -0.389 e.